The fourth-order valence-corrected chi connectivity index (χ4v) is 2.55. The van der Waals surface area contributed by atoms with Crippen LogP contribution in [0.1, 0.15) is 30.9 Å². The van der Waals surface area contributed by atoms with Crippen LogP contribution in [0.3, 0.4) is 0 Å². The van der Waals surface area contributed by atoms with Crippen molar-refractivity contribution in [3.05, 3.63) is 29.3 Å². The van der Waals surface area contributed by atoms with E-state index in [1.807, 2.05) is 0 Å². The molecule has 1 aromatic carbocycles. The first-order chi connectivity index (χ1) is 8.33. The van der Waals surface area contributed by atoms with Gasteiger partial charge < -0.3 is 10.1 Å². The first-order valence-electron chi connectivity index (χ1n) is 6.80. The summed E-state index contributed by atoms with van der Waals surface area (Å²) in [6, 6.07) is 7.40. The van der Waals surface area contributed by atoms with Crippen LogP contribution < -0.4 is 10.1 Å². The first kappa shape index (κ1) is 11.1. The van der Waals surface area contributed by atoms with Gasteiger partial charge in [-0.25, -0.2) is 0 Å². The van der Waals surface area contributed by atoms with E-state index in [1.54, 1.807) is 0 Å². The van der Waals surface area contributed by atoms with E-state index in [0.29, 0.717) is 5.92 Å². The number of rotatable bonds is 5. The summed E-state index contributed by atoms with van der Waals surface area (Å²) in [5.41, 5.74) is 2.79. The van der Waals surface area contributed by atoms with Crippen molar-refractivity contribution in [1.29, 1.82) is 0 Å². The lowest BCUT2D eigenvalue weighted by atomic mass is 9.98. The number of fused-ring (bicyclic) bond motifs is 1. The van der Waals surface area contributed by atoms with Crippen LogP contribution in [0.15, 0.2) is 18.2 Å². The minimum Gasteiger partial charge on any atom is -0.493 e. The molecule has 1 unspecified atom stereocenters. The molecule has 0 saturated heterocycles. The Morgan fingerprint density at radius 1 is 1.41 bits per heavy atom. The Balaban J connectivity index is 1.61. The zero-order valence-corrected chi connectivity index (χ0v) is 10.5. The maximum atomic E-state index is 5.75. The van der Waals surface area contributed by atoms with Gasteiger partial charge in [-0.05, 0) is 42.9 Å². The fourth-order valence-electron chi connectivity index (χ4n) is 2.55. The first-order valence-corrected chi connectivity index (χ1v) is 6.80. The highest BCUT2D eigenvalue weighted by molar-refractivity contribution is 5.44. The summed E-state index contributed by atoms with van der Waals surface area (Å²) in [5, 5.41) is 3.60. The van der Waals surface area contributed by atoms with Crippen LogP contribution in [0.2, 0.25) is 0 Å². The molecule has 0 spiro atoms. The SMILES string of the molecule is CC(CNC1CC1)Cc1cccc2c1OCC2. The number of hydrogen-bond acceptors (Lipinski definition) is 2. The highest BCUT2D eigenvalue weighted by Crippen LogP contribution is 2.31. The Labute approximate surface area is 103 Å². The van der Waals surface area contributed by atoms with E-state index in [0.717, 1.165) is 32.0 Å². The van der Waals surface area contributed by atoms with Crippen molar-refractivity contribution in [3.8, 4) is 5.75 Å². The third kappa shape index (κ3) is 2.63. The molecule has 1 aliphatic carbocycles. The molecule has 1 fully saturated rings. The summed E-state index contributed by atoms with van der Waals surface area (Å²) in [6.07, 6.45) is 4.95. The van der Waals surface area contributed by atoms with Gasteiger partial charge in [0.05, 0.1) is 6.61 Å². The van der Waals surface area contributed by atoms with Gasteiger partial charge in [0, 0.05) is 12.5 Å². The Morgan fingerprint density at radius 3 is 3.12 bits per heavy atom. The molecule has 0 aromatic heterocycles. The highest BCUT2D eigenvalue weighted by Gasteiger charge is 2.22. The van der Waals surface area contributed by atoms with Crippen molar-refractivity contribution < 1.29 is 4.74 Å². The van der Waals surface area contributed by atoms with E-state index >= 15 is 0 Å². The average molecular weight is 231 g/mol. The Kier molecular flexibility index (Phi) is 3.06. The van der Waals surface area contributed by atoms with E-state index in [-0.39, 0.29) is 0 Å². The van der Waals surface area contributed by atoms with Crippen LogP contribution in [-0.2, 0) is 12.8 Å². The molecular formula is C15H21NO. The van der Waals surface area contributed by atoms with Crippen molar-refractivity contribution in [2.45, 2.75) is 38.6 Å². The third-order valence-electron chi connectivity index (χ3n) is 3.70. The predicted molar refractivity (Wildman–Crippen MR) is 69.5 cm³/mol. The molecule has 3 rings (SSSR count). The molecule has 2 nitrogen and oxygen atoms in total. The summed E-state index contributed by atoms with van der Waals surface area (Å²) in [6.45, 7) is 4.32. The van der Waals surface area contributed by atoms with E-state index in [9.17, 15) is 0 Å². The van der Waals surface area contributed by atoms with Crippen molar-refractivity contribution in [3.63, 3.8) is 0 Å². The van der Waals surface area contributed by atoms with Gasteiger partial charge in [-0.3, -0.25) is 0 Å². The lowest BCUT2D eigenvalue weighted by molar-refractivity contribution is 0.351. The number of nitrogens with one attached hydrogen (secondary N) is 1. The highest BCUT2D eigenvalue weighted by atomic mass is 16.5. The second-order valence-electron chi connectivity index (χ2n) is 5.50. The summed E-state index contributed by atoms with van der Waals surface area (Å²) in [5.74, 6) is 1.86. The van der Waals surface area contributed by atoms with E-state index in [1.165, 1.54) is 29.7 Å². The van der Waals surface area contributed by atoms with Gasteiger partial charge >= 0.3 is 0 Å². The van der Waals surface area contributed by atoms with Crippen molar-refractivity contribution in [2.24, 2.45) is 5.92 Å². The lowest BCUT2D eigenvalue weighted by Crippen LogP contribution is -2.24. The minimum atomic E-state index is 0.686. The molecule has 2 aliphatic rings. The summed E-state index contributed by atoms with van der Waals surface area (Å²) < 4.78 is 5.75. The lowest BCUT2D eigenvalue weighted by Gasteiger charge is -2.14. The summed E-state index contributed by atoms with van der Waals surface area (Å²) >= 11 is 0. The quantitative estimate of drug-likeness (QED) is 0.841. The average Bonchev–Trinajstić information content (AvgIpc) is 3.03. The van der Waals surface area contributed by atoms with Gasteiger partial charge in [-0.2, -0.15) is 0 Å². The number of hydrogen-bond donors (Lipinski definition) is 1. The third-order valence-corrected chi connectivity index (χ3v) is 3.70. The zero-order valence-electron chi connectivity index (χ0n) is 10.5. The second kappa shape index (κ2) is 4.69. The van der Waals surface area contributed by atoms with Gasteiger partial charge in [-0.15, -0.1) is 0 Å². The molecule has 17 heavy (non-hydrogen) atoms. The maximum absolute atomic E-state index is 5.75. The molecule has 1 heterocycles. The molecule has 0 amide bonds. The van der Waals surface area contributed by atoms with E-state index in [2.05, 4.69) is 30.4 Å². The predicted octanol–water partition coefficient (Wildman–Crippen LogP) is 2.55. The van der Waals surface area contributed by atoms with Crippen molar-refractivity contribution in [1.82, 2.24) is 5.32 Å². The molecule has 1 aromatic rings. The Bertz CT molecular complexity index is 398. The smallest absolute Gasteiger partial charge is 0.125 e. The van der Waals surface area contributed by atoms with Crippen LogP contribution in [-0.4, -0.2) is 19.2 Å². The van der Waals surface area contributed by atoms with Gasteiger partial charge in [0.15, 0.2) is 0 Å². The molecule has 0 bridgehead atoms. The van der Waals surface area contributed by atoms with E-state index in [4.69, 9.17) is 4.74 Å². The fraction of sp³-hybridized carbons (Fsp3) is 0.600. The standard InChI is InChI=1S/C15H21NO/c1-11(10-16-14-5-6-14)9-13-4-2-3-12-7-8-17-15(12)13/h2-4,11,14,16H,5-10H2,1H3. The number of para-hydroxylation sites is 1. The van der Waals surface area contributed by atoms with E-state index < -0.39 is 0 Å². The van der Waals surface area contributed by atoms with Crippen LogP contribution in [0.25, 0.3) is 0 Å². The van der Waals surface area contributed by atoms with Gasteiger partial charge in [0.2, 0.25) is 0 Å². The molecule has 92 valence electrons. The molecule has 1 saturated carbocycles. The van der Waals surface area contributed by atoms with Crippen LogP contribution in [0, 0.1) is 5.92 Å². The van der Waals surface area contributed by atoms with Gasteiger partial charge in [-0.1, -0.05) is 25.1 Å². The molecule has 0 radical (unpaired) electrons. The largest absolute Gasteiger partial charge is 0.493 e. The number of benzene rings is 1. The Morgan fingerprint density at radius 2 is 2.29 bits per heavy atom. The Hall–Kier alpha value is -1.02. The van der Waals surface area contributed by atoms with Crippen LogP contribution >= 0.6 is 0 Å². The monoisotopic (exact) mass is 231 g/mol. The minimum absolute atomic E-state index is 0.686. The molecule has 2 heteroatoms. The topological polar surface area (TPSA) is 21.3 Å². The molecule has 1 aliphatic heterocycles. The number of ether oxygens (including phenoxy) is 1. The maximum Gasteiger partial charge on any atom is 0.125 e. The normalized spacial score (nSPS) is 19.8. The molecular weight excluding hydrogens is 210 g/mol. The zero-order chi connectivity index (χ0) is 11.7. The molecule has 1 atom stereocenters. The van der Waals surface area contributed by atoms with Gasteiger partial charge in [0.25, 0.3) is 0 Å². The second-order valence-corrected chi connectivity index (χ2v) is 5.50. The summed E-state index contributed by atoms with van der Waals surface area (Å²) in [4.78, 5) is 0. The summed E-state index contributed by atoms with van der Waals surface area (Å²) in [7, 11) is 0. The molecule has 1 N–H and O–H groups in total. The van der Waals surface area contributed by atoms with Crippen molar-refractivity contribution in [2.75, 3.05) is 13.2 Å². The van der Waals surface area contributed by atoms with Crippen LogP contribution in [0.5, 0.6) is 5.75 Å². The van der Waals surface area contributed by atoms with Gasteiger partial charge in [0.1, 0.15) is 5.75 Å². The van der Waals surface area contributed by atoms with Crippen molar-refractivity contribution >= 4 is 0 Å². The van der Waals surface area contributed by atoms with Crippen LogP contribution in [0.4, 0.5) is 0 Å².